The Morgan fingerprint density at radius 3 is 2.80 bits per heavy atom. The van der Waals surface area contributed by atoms with Gasteiger partial charge in [-0.2, -0.15) is 0 Å². The molecule has 2 unspecified atom stereocenters. The van der Waals surface area contributed by atoms with Crippen LogP contribution in [0.3, 0.4) is 0 Å². The largest absolute Gasteiger partial charge is 0.387 e. The van der Waals surface area contributed by atoms with E-state index in [1.807, 2.05) is 11.4 Å². The summed E-state index contributed by atoms with van der Waals surface area (Å²) in [6.07, 6.45) is 5.79. The molecule has 0 bridgehead atoms. The average molecular weight is 307 g/mol. The number of fused-ring (bicyclic) bond motifs is 1. The first-order valence-electron chi connectivity index (χ1n) is 7.32. The summed E-state index contributed by atoms with van der Waals surface area (Å²) < 4.78 is 0. The number of hydrogen-bond donors (Lipinski definition) is 2. The fourth-order valence-corrected chi connectivity index (χ4v) is 5.12. The Kier molecular flexibility index (Phi) is 4.56. The van der Waals surface area contributed by atoms with Crippen molar-refractivity contribution in [1.29, 1.82) is 0 Å². The van der Waals surface area contributed by atoms with Crippen LogP contribution >= 0.6 is 22.7 Å². The molecular weight excluding hydrogens is 286 g/mol. The lowest BCUT2D eigenvalue weighted by Gasteiger charge is -2.19. The quantitative estimate of drug-likeness (QED) is 0.843. The summed E-state index contributed by atoms with van der Waals surface area (Å²) in [6, 6.07) is 6.33. The van der Waals surface area contributed by atoms with Crippen LogP contribution in [0.25, 0.3) is 0 Å². The maximum Gasteiger partial charge on any atom is 0.0970 e. The lowest BCUT2D eigenvalue weighted by molar-refractivity contribution is 0.152. The van der Waals surface area contributed by atoms with Gasteiger partial charge in [-0.3, -0.25) is 0 Å². The van der Waals surface area contributed by atoms with Crippen molar-refractivity contribution in [3.63, 3.8) is 0 Å². The van der Waals surface area contributed by atoms with E-state index in [-0.39, 0.29) is 5.92 Å². The van der Waals surface area contributed by atoms with E-state index in [9.17, 15) is 5.11 Å². The van der Waals surface area contributed by atoms with Gasteiger partial charge in [0.25, 0.3) is 0 Å². The number of nitrogens with two attached hydrogens (primary N) is 1. The second-order valence-corrected chi connectivity index (χ2v) is 7.61. The molecule has 2 aromatic rings. The van der Waals surface area contributed by atoms with Crippen molar-refractivity contribution in [2.24, 2.45) is 5.73 Å². The van der Waals surface area contributed by atoms with Crippen LogP contribution in [0.5, 0.6) is 0 Å². The van der Waals surface area contributed by atoms with Gasteiger partial charge in [0.1, 0.15) is 0 Å². The van der Waals surface area contributed by atoms with E-state index in [1.165, 1.54) is 47.4 Å². The van der Waals surface area contributed by atoms with E-state index in [0.717, 1.165) is 4.88 Å². The Morgan fingerprint density at radius 1 is 1.20 bits per heavy atom. The minimum Gasteiger partial charge on any atom is -0.387 e. The molecule has 0 aliphatic heterocycles. The molecule has 3 rings (SSSR count). The van der Waals surface area contributed by atoms with Crippen molar-refractivity contribution in [2.75, 3.05) is 6.54 Å². The Hall–Kier alpha value is -0.680. The fraction of sp³-hybridized carbons (Fsp3) is 0.500. The fourth-order valence-electron chi connectivity index (χ4n) is 2.94. The average Bonchev–Trinajstić information content (AvgIpc) is 3.06. The SMILES string of the molecule is NCC(c1cccs1)C(O)c1cc2c(s1)CCCCC2. The van der Waals surface area contributed by atoms with Gasteiger partial charge in [-0.15, -0.1) is 22.7 Å². The number of aryl methyl sites for hydroxylation is 2. The normalized spacial score (nSPS) is 18.3. The summed E-state index contributed by atoms with van der Waals surface area (Å²) in [5.41, 5.74) is 7.36. The Labute approximate surface area is 128 Å². The van der Waals surface area contributed by atoms with Crippen molar-refractivity contribution < 1.29 is 5.11 Å². The molecule has 0 spiro atoms. The number of hydrogen-bond acceptors (Lipinski definition) is 4. The highest BCUT2D eigenvalue weighted by atomic mass is 32.1. The van der Waals surface area contributed by atoms with Crippen molar-refractivity contribution in [1.82, 2.24) is 0 Å². The summed E-state index contributed by atoms with van der Waals surface area (Å²) >= 11 is 3.48. The van der Waals surface area contributed by atoms with Crippen LogP contribution in [0.4, 0.5) is 0 Å². The first-order valence-corrected chi connectivity index (χ1v) is 9.02. The molecule has 2 atom stereocenters. The number of aliphatic hydroxyl groups is 1. The van der Waals surface area contributed by atoms with E-state index >= 15 is 0 Å². The molecule has 4 heteroatoms. The summed E-state index contributed by atoms with van der Waals surface area (Å²) in [6.45, 7) is 0.490. The van der Waals surface area contributed by atoms with Gasteiger partial charge >= 0.3 is 0 Å². The second kappa shape index (κ2) is 6.39. The van der Waals surface area contributed by atoms with Gasteiger partial charge in [0.2, 0.25) is 0 Å². The third-order valence-electron chi connectivity index (χ3n) is 4.10. The zero-order chi connectivity index (χ0) is 13.9. The smallest absolute Gasteiger partial charge is 0.0970 e. The highest BCUT2D eigenvalue weighted by molar-refractivity contribution is 7.12. The van der Waals surface area contributed by atoms with Gasteiger partial charge < -0.3 is 10.8 Å². The monoisotopic (exact) mass is 307 g/mol. The molecule has 3 N–H and O–H groups in total. The van der Waals surface area contributed by atoms with Crippen LogP contribution in [0.2, 0.25) is 0 Å². The molecule has 0 saturated carbocycles. The molecule has 2 heterocycles. The Bertz CT molecular complexity index is 523. The van der Waals surface area contributed by atoms with Crippen molar-refractivity contribution >= 4 is 22.7 Å². The lowest BCUT2D eigenvalue weighted by atomic mass is 9.98. The zero-order valence-electron chi connectivity index (χ0n) is 11.5. The maximum atomic E-state index is 10.7. The van der Waals surface area contributed by atoms with Crippen molar-refractivity contribution in [2.45, 2.75) is 44.1 Å². The molecule has 1 aliphatic rings. The summed E-state index contributed by atoms with van der Waals surface area (Å²) in [4.78, 5) is 3.77. The standard InChI is InChI=1S/C16H21NOS2/c17-10-12(14-7-4-8-19-14)16(18)15-9-11-5-2-1-3-6-13(11)20-15/h4,7-9,12,16,18H,1-3,5-6,10,17H2. The predicted octanol–water partition coefficient (Wildman–Crippen LogP) is 3.85. The topological polar surface area (TPSA) is 46.2 Å². The molecular formula is C16H21NOS2. The lowest BCUT2D eigenvalue weighted by Crippen LogP contribution is -2.18. The van der Waals surface area contributed by atoms with Crippen LogP contribution in [0, 0.1) is 0 Å². The van der Waals surface area contributed by atoms with Gasteiger partial charge in [-0.1, -0.05) is 12.5 Å². The molecule has 20 heavy (non-hydrogen) atoms. The van der Waals surface area contributed by atoms with E-state index in [0.29, 0.717) is 6.54 Å². The molecule has 0 aromatic carbocycles. The molecule has 0 amide bonds. The summed E-state index contributed by atoms with van der Waals surface area (Å²) in [5, 5.41) is 12.8. The third kappa shape index (κ3) is 2.84. The minimum absolute atomic E-state index is 0.0253. The van der Waals surface area contributed by atoms with Gasteiger partial charge in [-0.25, -0.2) is 0 Å². The number of rotatable bonds is 4. The molecule has 0 saturated heterocycles. The maximum absolute atomic E-state index is 10.7. The van der Waals surface area contributed by atoms with Gasteiger partial charge in [0.05, 0.1) is 6.10 Å². The Balaban J connectivity index is 1.84. The van der Waals surface area contributed by atoms with Gasteiger partial charge in [0.15, 0.2) is 0 Å². The highest BCUT2D eigenvalue weighted by Crippen LogP contribution is 2.39. The van der Waals surface area contributed by atoms with Crippen LogP contribution < -0.4 is 5.73 Å². The predicted molar refractivity (Wildman–Crippen MR) is 86.7 cm³/mol. The van der Waals surface area contributed by atoms with Gasteiger partial charge in [-0.05, 0) is 48.8 Å². The van der Waals surface area contributed by atoms with Gasteiger partial charge in [0, 0.05) is 27.1 Å². The van der Waals surface area contributed by atoms with Crippen LogP contribution in [0.15, 0.2) is 23.6 Å². The number of thiophene rings is 2. The van der Waals surface area contributed by atoms with Crippen LogP contribution in [-0.2, 0) is 12.8 Å². The highest BCUT2D eigenvalue weighted by Gasteiger charge is 2.25. The van der Waals surface area contributed by atoms with E-state index in [4.69, 9.17) is 5.73 Å². The van der Waals surface area contributed by atoms with Crippen LogP contribution in [-0.4, -0.2) is 11.7 Å². The molecule has 2 aromatic heterocycles. The van der Waals surface area contributed by atoms with Crippen LogP contribution in [0.1, 0.15) is 51.5 Å². The van der Waals surface area contributed by atoms with Crippen molar-refractivity contribution in [3.05, 3.63) is 43.8 Å². The van der Waals surface area contributed by atoms with E-state index in [2.05, 4.69) is 12.1 Å². The van der Waals surface area contributed by atoms with E-state index < -0.39 is 6.10 Å². The Morgan fingerprint density at radius 2 is 2.05 bits per heavy atom. The zero-order valence-corrected chi connectivity index (χ0v) is 13.2. The summed E-state index contributed by atoms with van der Waals surface area (Å²) in [7, 11) is 0. The summed E-state index contributed by atoms with van der Waals surface area (Å²) in [5.74, 6) is 0.0253. The third-order valence-corrected chi connectivity index (χ3v) is 6.41. The van der Waals surface area contributed by atoms with E-state index in [1.54, 1.807) is 22.7 Å². The first-order chi connectivity index (χ1) is 9.79. The minimum atomic E-state index is -0.462. The van der Waals surface area contributed by atoms with Crippen molar-refractivity contribution in [3.8, 4) is 0 Å². The first kappa shape index (κ1) is 14.3. The molecule has 0 radical (unpaired) electrons. The molecule has 108 valence electrons. The molecule has 1 aliphatic carbocycles. The second-order valence-electron chi connectivity index (χ2n) is 5.46. The number of aliphatic hydroxyl groups excluding tert-OH is 1. The molecule has 0 fully saturated rings. The molecule has 2 nitrogen and oxygen atoms in total.